The van der Waals surface area contributed by atoms with Gasteiger partial charge < -0.3 is 15.5 Å². The Hall–Kier alpha value is -0.610. The minimum atomic E-state index is -0.102. The van der Waals surface area contributed by atoms with Crippen LogP contribution in [0.5, 0.6) is 0 Å². The molecular formula is C14H29N3O. The number of hydrogen-bond donors (Lipinski definition) is 2. The smallest absolute Gasteiger partial charge is 0.237 e. The first-order valence-electron chi connectivity index (χ1n) is 7.19. The third kappa shape index (κ3) is 4.58. The summed E-state index contributed by atoms with van der Waals surface area (Å²) in [5.74, 6) is 0.720. The minimum Gasteiger partial charge on any atom is -0.352 e. The van der Waals surface area contributed by atoms with E-state index in [1.54, 1.807) is 0 Å². The lowest BCUT2D eigenvalue weighted by molar-refractivity contribution is -0.123. The lowest BCUT2D eigenvalue weighted by atomic mass is 9.93. The van der Waals surface area contributed by atoms with Crippen LogP contribution in [0.15, 0.2) is 0 Å². The predicted octanol–water partition coefficient (Wildman–Crippen LogP) is 1.22. The Bertz CT molecular complexity index is 270. The van der Waals surface area contributed by atoms with E-state index in [0.717, 1.165) is 25.9 Å². The maximum absolute atomic E-state index is 12.0. The van der Waals surface area contributed by atoms with Crippen molar-refractivity contribution >= 4 is 5.91 Å². The molecule has 4 unspecified atom stereocenters. The first kappa shape index (κ1) is 15.4. The molecule has 1 rings (SSSR count). The summed E-state index contributed by atoms with van der Waals surface area (Å²) in [7, 11) is 2.16. The quantitative estimate of drug-likeness (QED) is 0.776. The van der Waals surface area contributed by atoms with Crippen molar-refractivity contribution < 1.29 is 4.79 Å². The van der Waals surface area contributed by atoms with Gasteiger partial charge in [-0.15, -0.1) is 0 Å². The van der Waals surface area contributed by atoms with E-state index >= 15 is 0 Å². The summed E-state index contributed by atoms with van der Waals surface area (Å²) in [6.07, 6.45) is 2.10. The molecule has 1 saturated heterocycles. The molecule has 0 aromatic rings. The van der Waals surface area contributed by atoms with Crippen LogP contribution in [-0.4, -0.2) is 49.1 Å². The van der Waals surface area contributed by atoms with Gasteiger partial charge in [0.2, 0.25) is 5.91 Å². The zero-order chi connectivity index (χ0) is 13.7. The van der Waals surface area contributed by atoms with Crippen LogP contribution < -0.4 is 10.6 Å². The van der Waals surface area contributed by atoms with Gasteiger partial charge in [0, 0.05) is 18.6 Å². The highest BCUT2D eigenvalue weighted by molar-refractivity contribution is 5.81. The number of piperidine rings is 1. The van der Waals surface area contributed by atoms with Gasteiger partial charge in [-0.05, 0) is 46.2 Å². The largest absolute Gasteiger partial charge is 0.352 e. The van der Waals surface area contributed by atoms with Gasteiger partial charge in [-0.2, -0.15) is 0 Å². The summed E-state index contributed by atoms with van der Waals surface area (Å²) in [6, 6.07) is 0.616. The molecule has 106 valence electrons. The van der Waals surface area contributed by atoms with Crippen molar-refractivity contribution in [2.75, 3.05) is 20.1 Å². The lowest BCUT2D eigenvalue weighted by Gasteiger charge is -2.36. The second-order valence-electron chi connectivity index (χ2n) is 5.84. The topological polar surface area (TPSA) is 44.4 Å². The minimum absolute atomic E-state index is 0.102. The Labute approximate surface area is 111 Å². The average Bonchev–Trinajstić information content (AvgIpc) is 2.32. The fourth-order valence-electron chi connectivity index (χ4n) is 2.47. The molecule has 1 heterocycles. The molecule has 18 heavy (non-hydrogen) atoms. The maximum atomic E-state index is 12.0. The van der Waals surface area contributed by atoms with Crippen LogP contribution in [0, 0.1) is 5.92 Å². The van der Waals surface area contributed by atoms with Crippen LogP contribution in [0.2, 0.25) is 0 Å². The van der Waals surface area contributed by atoms with E-state index in [9.17, 15) is 4.79 Å². The van der Waals surface area contributed by atoms with E-state index in [4.69, 9.17) is 0 Å². The average molecular weight is 255 g/mol. The van der Waals surface area contributed by atoms with E-state index in [1.165, 1.54) is 0 Å². The van der Waals surface area contributed by atoms with E-state index in [2.05, 4.69) is 36.4 Å². The summed E-state index contributed by atoms with van der Waals surface area (Å²) in [6.45, 7) is 10.6. The van der Waals surface area contributed by atoms with Crippen LogP contribution in [0.3, 0.4) is 0 Å². The number of amides is 1. The van der Waals surface area contributed by atoms with Crippen molar-refractivity contribution in [1.82, 2.24) is 15.5 Å². The van der Waals surface area contributed by atoms with E-state index in [1.807, 2.05) is 13.8 Å². The van der Waals surface area contributed by atoms with E-state index in [0.29, 0.717) is 12.0 Å². The van der Waals surface area contributed by atoms with Crippen LogP contribution in [0.4, 0.5) is 0 Å². The van der Waals surface area contributed by atoms with Crippen LogP contribution >= 0.6 is 0 Å². The SMILES string of the molecule is CCC(C)NC(=O)C(C)NC1CCN(C)CC1C. The summed E-state index contributed by atoms with van der Waals surface area (Å²) in [5, 5.41) is 6.51. The summed E-state index contributed by atoms with van der Waals surface area (Å²) >= 11 is 0. The second kappa shape index (κ2) is 7.10. The Morgan fingerprint density at radius 2 is 2.11 bits per heavy atom. The van der Waals surface area contributed by atoms with Crippen molar-refractivity contribution in [3.8, 4) is 0 Å². The fraction of sp³-hybridized carbons (Fsp3) is 0.929. The summed E-state index contributed by atoms with van der Waals surface area (Å²) in [5.41, 5.74) is 0. The molecule has 0 aromatic carbocycles. The molecule has 1 aliphatic rings. The number of likely N-dealkylation sites (tertiary alicyclic amines) is 1. The molecule has 0 spiro atoms. The number of nitrogens with one attached hydrogen (secondary N) is 2. The van der Waals surface area contributed by atoms with Gasteiger partial charge in [0.1, 0.15) is 0 Å². The molecule has 4 heteroatoms. The Morgan fingerprint density at radius 1 is 1.44 bits per heavy atom. The summed E-state index contributed by atoms with van der Waals surface area (Å²) in [4.78, 5) is 14.3. The van der Waals surface area contributed by atoms with Gasteiger partial charge in [-0.1, -0.05) is 13.8 Å². The number of rotatable bonds is 5. The van der Waals surface area contributed by atoms with Gasteiger partial charge >= 0.3 is 0 Å². The first-order chi connectivity index (χ1) is 8.43. The number of nitrogens with zero attached hydrogens (tertiary/aromatic N) is 1. The second-order valence-corrected chi connectivity index (χ2v) is 5.84. The summed E-state index contributed by atoms with van der Waals surface area (Å²) < 4.78 is 0. The Balaban J connectivity index is 2.39. The van der Waals surface area contributed by atoms with Gasteiger partial charge in [-0.3, -0.25) is 4.79 Å². The molecule has 0 aromatic heterocycles. The molecule has 0 aliphatic carbocycles. The molecule has 0 bridgehead atoms. The number of carbonyl (C=O) groups is 1. The standard InChI is InChI=1S/C14H29N3O/c1-6-11(3)15-14(18)12(4)16-13-7-8-17(5)9-10(13)2/h10-13,16H,6-9H2,1-5H3,(H,15,18). The molecule has 0 radical (unpaired) electrons. The third-order valence-corrected chi connectivity index (χ3v) is 3.97. The lowest BCUT2D eigenvalue weighted by Crippen LogP contribution is -2.54. The van der Waals surface area contributed by atoms with E-state index < -0.39 is 0 Å². The predicted molar refractivity (Wildman–Crippen MR) is 75.6 cm³/mol. The first-order valence-corrected chi connectivity index (χ1v) is 7.19. The van der Waals surface area contributed by atoms with Crippen molar-refractivity contribution in [3.63, 3.8) is 0 Å². The van der Waals surface area contributed by atoms with Crippen molar-refractivity contribution in [3.05, 3.63) is 0 Å². The van der Waals surface area contributed by atoms with Crippen molar-refractivity contribution in [1.29, 1.82) is 0 Å². The van der Waals surface area contributed by atoms with Crippen LogP contribution in [0.1, 0.15) is 40.5 Å². The monoisotopic (exact) mass is 255 g/mol. The highest BCUT2D eigenvalue weighted by atomic mass is 16.2. The normalized spacial score (nSPS) is 28.7. The molecule has 1 amide bonds. The van der Waals surface area contributed by atoms with Crippen LogP contribution in [-0.2, 0) is 4.79 Å². The third-order valence-electron chi connectivity index (χ3n) is 3.97. The van der Waals surface area contributed by atoms with E-state index in [-0.39, 0.29) is 18.0 Å². The highest BCUT2D eigenvalue weighted by Crippen LogP contribution is 2.15. The van der Waals surface area contributed by atoms with Gasteiger partial charge in [-0.25, -0.2) is 0 Å². The zero-order valence-electron chi connectivity index (χ0n) is 12.5. The van der Waals surface area contributed by atoms with Gasteiger partial charge in [0.15, 0.2) is 0 Å². The molecule has 1 aliphatic heterocycles. The van der Waals surface area contributed by atoms with Crippen molar-refractivity contribution in [2.24, 2.45) is 5.92 Å². The zero-order valence-corrected chi connectivity index (χ0v) is 12.5. The Kier molecular flexibility index (Phi) is 6.09. The fourth-order valence-corrected chi connectivity index (χ4v) is 2.47. The Morgan fingerprint density at radius 3 is 2.67 bits per heavy atom. The van der Waals surface area contributed by atoms with Gasteiger partial charge in [0.25, 0.3) is 0 Å². The van der Waals surface area contributed by atoms with Gasteiger partial charge in [0.05, 0.1) is 6.04 Å². The molecular weight excluding hydrogens is 226 g/mol. The maximum Gasteiger partial charge on any atom is 0.237 e. The van der Waals surface area contributed by atoms with Crippen LogP contribution in [0.25, 0.3) is 0 Å². The molecule has 0 saturated carbocycles. The van der Waals surface area contributed by atoms with Crippen molar-refractivity contribution in [2.45, 2.75) is 58.7 Å². The molecule has 4 atom stereocenters. The molecule has 4 nitrogen and oxygen atoms in total. The molecule has 2 N–H and O–H groups in total. The number of hydrogen-bond acceptors (Lipinski definition) is 3. The highest BCUT2D eigenvalue weighted by Gasteiger charge is 2.27. The molecule has 1 fully saturated rings. The number of carbonyl (C=O) groups excluding carboxylic acids is 1.